The molecule has 0 spiro atoms. The van der Waals surface area contributed by atoms with Crippen molar-refractivity contribution in [1.29, 1.82) is 0 Å². The van der Waals surface area contributed by atoms with E-state index in [9.17, 15) is 10.1 Å². The SMILES string of the molecule is CC(CO)Sc1cc(Cl)c(Cl)cc1[N+](=O)[O-]. The molecule has 0 radical (unpaired) electrons. The van der Waals surface area contributed by atoms with E-state index in [1.807, 2.05) is 0 Å². The molecule has 0 aliphatic rings. The minimum absolute atomic E-state index is 0.0674. The maximum Gasteiger partial charge on any atom is 0.284 e. The van der Waals surface area contributed by atoms with Crippen molar-refractivity contribution in [2.45, 2.75) is 17.1 Å². The van der Waals surface area contributed by atoms with E-state index in [-0.39, 0.29) is 27.6 Å². The fourth-order valence-corrected chi connectivity index (χ4v) is 2.34. The smallest absolute Gasteiger partial charge is 0.284 e. The Morgan fingerprint density at radius 2 is 2.06 bits per heavy atom. The zero-order valence-electron chi connectivity index (χ0n) is 8.31. The third kappa shape index (κ3) is 3.25. The molecular weight excluding hydrogens is 273 g/mol. The number of nitrogens with zero attached hydrogens (tertiary/aromatic N) is 1. The second kappa shape index (κ2) is 5.72. The van der Waals surface area contributed by atoms with Crippen LogP contribution in [0.5, 0.6) is 0 Å². The molecule has 1 rings (SSSR count). The summed E-state index contributed by atoms with van der Waals surface area (Å²) >= 11 is 12.7. The minimum Gasteiger partial charge on any atom is -0.395 e. The van der Waals surface area contributed by atoms with Crippen molar-refractivity contribution in [1.82, 2.24) is 0 Å². The van der Waals surface area contributed by atoms with Crippen LogP contribution < -0.4 is 0 Å². The van der Waals surface area contributed by atoms with Crippen LogP contribution in [0.25, 0.3) is 0 Å². The van der Waals surface area contributed by atoms with Crippen LogP contribution in [-0.2, 0) is 0 Å². The molecule has 0 bridgehead atoms. The van der Waals surface area contributed by atoms with Gasteiger partial charge in [-0.2, -0.15) is 0 Å². The highest BCUT2D eigenvalue weighted by Gasteiger charge is 2.19. The predicted octanol–water partition coefficient (Wildman–Crippen LogP) is 3.37. The summed E-state index contributed by atoms with van der Waals surface area (Å²) in [6.07, 6.45) is 0. The van der Waals surface area contributed by atoms with Gasteiger partial charge in [0.05, 0.1) is 26.5 Å². The van der Waals surface area contributed by atoms with Gasteiger partial charge < -0.3 is 5.11 Å². The second-order valence-electron chi connectivity index (χ2n) is 3.10. The molecule has 0 aromatic heterocycles. The van der Waals surface area contributed by atoms with Crippen LogP contribution in [0.1, 0.15) is 6.92 Å². The van der Waals surface area contributed by atoms with Gasteiger partial charge in [0, 0.05) is 11.3 Å². The molecule has 0 saturated carbocycles. The molecule has 0 saturated heterocycles. The van der Waals surface area contributed by atoms with E-state index in [1.165, 1.54) is 23.9 Å². The fraction of sp³-hybridized carbons (Fsp3) is 0.333. The topological polar surface area (TPSA) is 63.4 Å². The molecule has 1 aromatic rings. The summed E-state index contributed by atoms with van der Waals surface area (Å²) < 4.78 is 0. The van der Waals surface area contributed by atoms with Crippen LogP contribution in [0.15, 0.2) is 17.0 Å². The summed E-state index contributed by atoms with van der Waals surface area (Å²) in [6, 6.07) is 2.66. The molecule has 0 fully saturated rings. The van der Waals surface area contributed by atoms with Crippen LogP contribution in [0.2, 0.25) is 10.0 Å². The number of nitro groups is 1. The lowest BCUT2D eigenvalue weighted by Gasteiger charge is -2.08. The molecule has 7 heteroatoms. The second-order valence-corrected chi connectivity index (χ2v) is 5.40. The molecule has 4 nitrogen and oxygen atoms in total. The number of halogens is 2. The number of hydrogen-bond acceptors (Lipinski definition) is 4. The first-order chi connectivity index (χ1) is 7.45. The molecule has 0 heterocycles. The summed E-state index contributed by atoms with van der Waals surface area (Å²) in [5, 5.41) is 20.0. The standard InChI is InChI=1S/C9H9Cl2NO3S/c1-5(4-13)16-9-3-7(11)6(10)2-8(9)12(14)15/h2-3,5,13H,4H2,1H3. The molecular formula is C9H9Cl2NO3S. The molecule has 16 heavy (non-hydrogen) atoms. The van der Waals surface area contributed by atoms with E-state index in [1.54, 1.807) is 6.92 Å². The third-order valence-electron chi connectivity index (χ3n) is 1.78. The Morgan fingerprint density at radius 3 is 2.56 bits per heavy atom. The molecule has 88 valence electrons. The Morgan fingerprint density at radius 1 is 1.50 bits per heavy atom. The van der Waals surface area contributed by atoms with Gasteiger partial charge in [0.25, 0.3) is 5.69 Å². The van der Waals surface area contributed by atoms with Crippen molar-refractivity contribution in [2.24, 2.45) is 0 Å². The number of rotatable bonds is 4. The summed E-state index contributed by atoms with van der Waals surface area (Å²) in [7, 11) is 0. The summed E-state index contributed by atoms with van der Waals surface area (Å²) in [5.41, 5.74) is -0.0975. The lowest BCUT2D eigenvalue weighted by molar-refractivity contribution is -0.387. The van der Waals surface area contributed by atoms with Gasteiger partial charge in [-0.15, -0.1) is 11.8 Å². The van der Waals surface area contributed by atoms with E-state index in [4.69, 9.17) is 28.3 Å². The Bertz CT molecular complexity index is 414. The molecule has 1 atom stereocenters. The van der Waals surface area contributed by atoms with Crippen LogP contribution >= 0.6 is 35.0 Å². The number of aliphatic hydroxyl groups is 1. The number of aliphatic hydroxyl groups excluding tert-OH is 1. The van der Waals surface area contributed by atoms with Gasteiger partial charge in [-0.05, 0) is 6.07 Å². The van der Waals surface area contributed by atoms with Crippen molar-refractivity contribution in [3.05, 3.63) is 32.3 Å². The van der Waals surface area contributed by atoms with Crippen LogP contribution in [0.4, 0.5) is 5.69 Å². The van der Waals surface area contributed by atoms with Crippen LogP contribution in [-0.4, -0.2) is 21.9 Å². The summed E-state index contributed by atoms with van der Waals surface area (Å²) in [6.45, 7) is 1.69. The monoisotopic (exact) mass is 281 g/mol. The zero-order chi connectivity index (χ0) is 12.3. The first-order valence-electron chi connectivity index (χ1n) is 4.36. The van der Waals surface area contributed by atoms with E-state index in [0.717, 1.165) is 0 Å². The average Bonchev–Trinajstić information content (AvgIpc) is 2.22. The lowest BCUT2D eigenvalue weighted by Crippen LogP contribution is -2.02. The molecule has 0 aliphatic carbocycles. The van der Waals surface area contributed by atoms with Gasteiger partial charge in [0.1, 0.15) is 0 Å². The Kier molecular flexibility index (Phi) is 4.86. The molecule has 1 unspecified atom stereocenters. The maximum absolute atomic E-state index is 10.8. The molecule has 0 amide bonds. The molecule has 1 N–H and O–H groups in total. The van der Waals surface area contributed by atoms with Gasteiger partial charge in [0.15, 0.2) is 0 Å². The minimum atomic E-state index is -0.519. The Balaban J connectivity index is 3.14. The highest BCUT2D eigenvalue weighted by atomic mass is 35.5. The van der Waals surface area contributed by atoms with E-state index in [2.05, 4.69) is 0 Å². The Hall–Kier alpha value is -0.490. The molecule has 1 aromatic carbocycles. The third-order valence-corrected chi connectivity index (χ3v) is 3.64. The first-order valence-corrected chi connectivity index (χ1v) is 6.00. The highest BCUT2D eigenvalue weighted by Crippen LogP contribution is 2.37. The fourth-order valence-electron chi connectivity index (χ4n) is 1.01. The van der Waals surface area contributed by atoms with E-state index >= 15 is 0 Å². The van der Waals surface area contributed by atoms with Gasteiger partial charge in [-0.25, -0.2) is 0 Å². The summed E-state index contributed by atoms with van der Waals surface area (Å²) in [4.78, 5) is 10.7. The number of nitro benzene ring substituents is 1. The van der Waals surface area contributed by atoms with Crippen molar-refractivity contribution in [3.8, 4) is 0 Å². The van der Waals surface area contributed by atoms with Crippen LogP contribution in [0.3, 0.4) is 0 Å². The van der Waals surface area contributed by atoms with Crippen molar-refractivity contribution in [3.63, 3.8) is 0 Å². The van der Waals surface area contributed by atoms with Gasteiger partial charge in [-0.1, -0.05) is 30.1 Å². The average molecular weight is 282 g/mol. The first kappa shape index (κ1) is 13.6. The Labute approximate surface area is 107 Å². The normalized spacial score (nSPS) is 12.5. The number of benzene rings is 1. The predicted molar refractivity (Wildman–Crippen MR) is 65.5 cm³/mol. The quantitative estimate of drug-likeness (QED) is 0.522. The van der Waals surface area contributed by atoms with Crippen molar-refractivity contribution < 1.29 is 10.0 Å². The van der Waals surface area contributed by atoms with Gasteiger partial charge >= 0.3 is 0 Å². The van der Waals surface area contributed by atoms with Crippen molar-refractivity contribution in [2.75, 3.05) is 6.61 Å². The van der Waals surface area contributed by atoms with Crippen molar-refractivity contribution >= 4 is 40.7 Å². The zero-order valence-corrected chi connectivity index (χ0v) is 10.6. The maximum atomic E-state index is 10.8. The molecule has 0 aliphatic heterocycles. The van der Waals surface area contributed by atoms with Gasteiger partial charge in [-0.3, -0.25) is 10.1 Å². The van der Waals surface area contributed by atoms with Crippen LogP contribution in [0, 0.1) is 10.1 Å². The van der Waals surface area contributed by atoms with Gasteiger partial charge in [0.2, 0.25) is 0 Å². The highest BCUT2D eigenvalue weighted by molar-refractivity contribution is 8.00. The van der Waals surface area contributed by atoms with E-state index in [0.29, 0.717) is 4.90 Å². The number of thioether (sulfide) groups is 1. The summed E-state index contributed by atoms with van der Waals surface area (Å²) in [5.74, 6) is 0. The van der Waals surface area contributed by atoms with E-state index < -0.39 is 4.92 Å². The largest absolute Gasteiger partial charge is 0.395 e. The lowest BCUT2D eigenvalue weighted by atomic mass is 10.3. The number of hydrogen-bond donors (Lipinski definition) is 1.